The van der Waals surface area contributed by atoms with Crippen LogP contribution < -0.4 is 10.6 Å². The molecule has 0 saturated heterocycles. The second kappa shape index (κ2) is 7.20. The highest BCUT2D eigenvalue weighted by Crippen LogP contribution is 2.22. The lowest BCUT2D eigenvalue weighted by atomic mass is 9.89. The van der Waals surface area contributed by atoms with Crippen LogP contribution in [0.1, 0.15) is 39.0 Å². The Bertz CT molecular complexity index is 288. The van der Waals surface area contributed by atoms with Gasteiger partial charge in [-0.25, -0.2) is 9.59 Å². The van der Waals surface area contributed by atoms with Gasteiger partial charge in [0.25, 0.3) is 0 Å². The van der Waals surface area contributed by atoms with Gasteiger partial charge in [-0.3, -0.25) is 0 Å². The first-order valence-corrected chi connectivity index (χ1v) is 6.46. The summed E-state index contributed by atoms with van der Waals surface area (Å²) in [7, 11) is 0. The van der Waals surface area contributed by atoms with E-state index in [2.05, 4.69) is 10.6 Å². The van der Waals surface area contributed by atoms with E-state index in [0.29, 0.717) is 12.5 Å². The normalized spacial score (nSPS) is 19.9. The molecule has 2 atom stereocenters. The maximum Gasteiger partial charge on any atom is 0.328 e. The van der Waals surface area contributed by atoms with Crippen molar-refractivity contribution >= 4 is 12.0 Å². The number of carbonyl (C=O) groups is 2. The zero-order valence-electron chi connectivity index (χ0n) is 10.7. The molecule has 0 bridgehead atoms. The van der Waals surface area contributed by atoms with Gasteiger partial charge in [-0.1, -0.05) is 19.3 Å². The summed E-state index contributed by atoms with van der Waals surface area (Å²) in [6.45, 7) is 1.90. The van der Waals surface area contributed by atoms with Gasteiger partial charge in [-0.2, -0.15) is 0 Å². The zero-order chi connectivity index (χ0) is 13.5. The minimum Gasteiger partial charge on any atom is -0.480 e. The average Bonchev–Trinajstić information content (AvgIpc) is 2.34. The van der Waals surface area contributed by atoms with E-state index in [9.17, 15) is 14.7 Å². The Balaban J connectivity index is 2.29. The maximum atomic E-state index is 11.5. The number of hydrogen-bond donors (Lipinski definition) is 4. The van der Waals surface area contributed by atoms with Crippen molar-refractivity contribution in [1.29, 1.82) is 0 Å². The van der Waals surface area contributed by atoms with E-state index in [1.807, 2.05) is 0 Å². The lowest BCUT2D eigenvalue weighted by Gasteiger charge is -2.23. The SMILES string of the molecule is CC(O)C(NC(=O)NCC1CCCCC1)C(=O)O. The largest absolute Gasteiger partial charge is 0.480 e. The summed E-state index contributed by atoms with van der Waals surface area (Å²) in [5, 5.41) is 23.0. The van der Waals surface area contributed by atoms with Crippen molar-refractivity contribution < 1.29 is 19.8 Å². The highest BCUT2D eigenvalue weighted by molar-refractivity contribution is 5.82. The molecule has 2 amide bonds. The molecule has 0 radical (unpaired) electrons. The topological polar surface area (TPSA) is 98.7 Å². The first-order valence-electron chi connectivity index (χ1n) is 6.46. The molecule has 6 nitrogen and oxygen atoms in total. The predicted molar refractivity (Wildman–Crippen MR) is 66.2 cm³/mol. The molecule has 1 rings (SSSR count). The van der Waals surface area contributed by atoms with Gasteiger partial charge < -0.3 is 20.8 Å². The number of carboxylic acid groups (broad SMARTS) is 1. The van der Waals surface area contributed by atoms with Crippen LogP contribution in [0, 0.1) is 5.92 Å². The first kappa shape index (κ1) is 14.8. The van der Waals surface area contributed by atoms with Crippen LogP contribution in [0.4, 0.5) is 4.79 Å². The molecule has 18 heavy (non-hydrogen) atoms. The maximum absolute atomic E-state index is 11.5. The third-order valence-electron chi connectivity index (χ3n) is 3.31. The van der Waals surface area contributed by atoms with Gasteiger partial charge >= 0.3 is 12.0 Å². The molecule has 1 fully saturated rings. The van der Waals surface area contributed by atoms with Crippen LogP contribution >= 0.6 is 0 Å². The van der Waals surface area contributed by atoms with Crippen LogP contribution in [0.3, 0.4) is 0 Å². The molecule has 4 N–H and O–H groups in total. The van der Waals surface area contributed by atoms with Crippen molar-refractivity contribution in [2.45, 2.75) is 51.2 Å². The van der Waals surface area contributed by atoms with Gasteiger partial charge in [0, 0.05) is 6.54 Å². The third-order valence-corrected chi connectivity index (χ3v) is 3.31. The molecule has 1 saturated carbocycles. The summed E-state index contributed by atoms with van der Waals surface area (Å²) in [6.07, 6.45) is 4.74. The molecule has 6 heteroatoms. The fraction of sp³-hybridized carbons (Fsp3) is 0.833. The number of rotatable bonds is 5. The summed E-state index contributed by atoms with van der Waals surface area (Å²) >= 11 is 0. The Morgan fingerprint density at radius 1 is 1.28 bits per heavy atom. The number of aliphatic hydroxyl groups is 1. The Morgan fingerprint density at radius 3 is 2.39 bits per heavy atom. The lowest BCUT2D eigenvalue weighted by molar-refractivity contribution is -0.141. The number of nitrogens with one attached hydrogen (secondary N) is 2. The van der Waals surface area contributed by atoms with Gasteiger partial charge in [0.15, 0.2) is 6.04 Å². The number of amides is 2. The second-order valence-corrected chi connectivity index (χ2v) is 4.91. The van der Waals surface area contributed by atoms with E-state index in [1.54, 1.807) is 0 Å². The highest BCUT2D eigenvalue weighted by atomic mass is 16.4. The van der Waals surface area contributed by atoms with Crippen molar-refractivity contribution in [1.82, 2.24) is 10.6 Å². The summed E-state index contributed by atoms with van der Waals surface area (Å²) in [5.41, 5.74) is 0. The van der Waals surface area contributed by atoms with Crippen molar-refractivity contribution in [2.75, 3.05) is 6.54 Å². The molecule has 0 aromatic rings. The fourth-order valence-corrected chi connectivity index (χ4v) is 2.21. The molecule has 0 aromatic carbocycles. The molecule has 104 valence electrons. The smallest absolute Gasteiger partial charge is 0.328 e. The van der Waals surface area contributed by atoms with Crippen molar-refractivity contribution in [2.24, 2.45) is 5.92 Å². The quantitative estimate of drug-likeness (QED) is 0.583. The van der Waals surface area contributed by atoms with E-state index in [1.165, 1.54) is 26.2 Å². The van der Waals surface area contributed by atoms with E-state index in [0.717, 1.165) is 12.8 Å². The average molecular weight is 258 g/mol. The summed E-state index contributed by atoms with van der Waals surface area (Å²) in [4.78, 5) is 22.3. The van der Waals surface area contributed by atoms with E-state index >= 15 is 0 Å². The molecule has 0 aromatic heterocycles. The fourth-order valence-electron chi connectivity index (χ4n) is 2.21. The highest BCUT2D eigenvalue weighted by Gasteiger charge is 2.25. The monoisotopic (exact) mass is 258 g/mol. The number of carbonyl (C=O) groups excluding carboxylic acids is 1. The van der Waals surface area contributed by atoms with Crippen molar-refractivity contribution in [3.63, 3.8) is 0 Å². The summed E-state index contributed by atoms with van der Waals surface area (Å²) < 4.78 is 0. The molecule has 0 aliphatic heterocycles. The van der Waals surface area contributed by atoms with Crippen LogP contribution in [0.2, 0.25) is 0 Å². The van der Waals surface area contributed by atoms with Crippen LogP contribution in [0.25, 0.3) is 0 Å². The molecular weight excluding hydrogens is 236 g/mol. The lowest BCUT2D eigenvalue weighted by Crippen LogP contribution is -2.51. The first-order chi connectivity index (χ1) is 8.50. The molecule has 1 aliphatic carbocycles. The Kier molecular flexibility index (Phi) is 5.91. The second-order valence-electron chi connectivity index (χ2n) is 4.91. The van der Waals surface area contributed by atoms with Gasteiger partial charge in [0.2, 0.25) is 0 Å². The molecular formula is C12H22N2O4. The van der Waals surface area contributed by atoms with Gasteiger partial charge in [0.05, 0.1) is 6.10 Å². The van der Waals surface area contributed by atoms with Gasteiger partial charge in [0.1, 0.15) is 0 Å². The van der Waals surface area contributed by atoms with E-state index < -0.39 is 24.1 Å². The molecule has 0 spiro atoms. The van der Waals surface area contributed by atoms with Gasteiger partial charge in [-0.15, -0.1) is 0 Å². The van der Waals surface area contributed by atoms with E-state index in [-0.39, 0.29) is 0 Å². The minimum atomic E-state index is -1.27. The Morgan fingerprint density at radius 2 is 1.89 bits per heavy atom. The van der Waals surface area contributed by atoms with Crippen LogP contribution in [-0.2, 0) is 4.79 Å². The zero-order valence-corrected chi connectivity index (χ0v) is 10.7. The molecule has 0 heterocycles. The Hall–Kier alpha value is -1.30. The van der Waals surface area contributed by atoms with Crippen molar-refractivity contribution in [3.8, 4) is 0 Å². The van der Waals surface area contributed by atoms with Crippen molar-refractivity contribution in [3.05, 3.63) is 0 Å². The number of urea groups is 1. The number of aliphatic carboxylic acids is 1. The third kappa shape index (κ3) is 4.91. The number of hydrogen-bond acceptors (Lipinski definition) is 3. The van der Waals surface area contributed by atoms with Crippen LogP contribution in [0.15, 0.2) is 0 Å². The molecule has 2 unspecified atom stereocenters. The number of aliphatic hydroxyl groups excluding tert-OH is 1. The molecule has 1 aliphatic rings. The van der Waals surface area contributed by atoms with Gasteiger partial charge in [-0.05, 0) is 25.7 Å². The number of carboxylic acids is 1. The summed E-state index contributed by atoms with van der Waals surface area (Å²) in [6, 6.07) is -1.80. The summed E-state index contributed by atoms with van der Waals surface area (Å²) in [5.74, 6) is -0.753. The minimum absolute atomic E-state index is 0.485. The standard InChI is InChI=1S/C12H22N2O4/c1-8(15)10(11(16)17)14-12(18)13-7-9-5-3-2-4-6-9/h8-10,15H,2-7H2,1H3,(H,16,17)(H2,13,14,18). The predicted octanol–water partition coefficient (Wildman–Crippen LogP) is 0.700. The van der Waals surface area contributed by atoms with Crippen LogP contribution in [-0.4, -0.2) is 40.9 Å². The Labute approximate surface area is 107 Å². The van der Waals surface area contributed by atoms with Crippen LogP contribution in [0.5, 0.6) is 0 Å². The van der Waals surface area contributed by atoms with E-state index in [4.69, 9.17) is 5.11 Å².